The number of halogens is 1. The van der Waals surface area contributed by atoms with E-state index >= 15 is 0 Å². The minimum absolute atomic E-state index is 0.0121. The molecule has 0 unspecified atom stereocenters. The zero-order chi connectivity index (χ0) is 17.0. The molecule has 1 amide bonds. The van der Waals surface area contributed by atoms with Crippen molar-refractivity contribution in [2.75, 3.05) is 5.32 Å². The van der Waals surface area contributed by atoms with E-state index < -0.39 is 23.0 Å². The number of hydrogen-bond donors (Lipinski definition) is 4. The molecule has 0 aromatic heterocycles. The molecule has 23 heavy (non-hydrogen) atoms. The monoisotopic (exact) mass is 330 g/mol. The molecule has 0 bridgehead atoms. The van der Waals surface area contributed by atoms with Crippen LogP contribution in [0.15, 0.2) is 48.0 Å². The molecule has 0 aliphatic carbocycles. The standard InChI is InChI=1S/C16H11ClN2O4/c17-10-2-1-3-11(7-10)19-16(23)12(8-18)15(22)9-4-5-13(20)14(21)6-9/h1-7,20-22H,(H,19,23). The highest BCUT2D eigenvalue weighted by molar-refractivity contribution is 6.31. The van der Waals surface area contributed by atoms with E-state index in [0.717, 1.165) is 12.1 Å². The first-order chi connectivity index (χ1) is 10.9. The summed E-state index contributed by atoms with van der Waals surface area (Å²) in [5.41, 5.74) is -0.176. The molecule has 0 fully saturated rings. The van der Waals surface area contributed by atoms with Gasteiger partial charge in [-0.15, -0.1) is 0 Å². The minimum Gasteiger partial charge on any atom is -0.506 e. The van der Waals surface area contributed by atoms with Crippen LogP contribution in [0, 0.1) is 11.3 Å². The van der Waals surface area contributed by atoms with Crippen molar-refractivity contribution in [3.8, 4) is 17.6 Å². The summed E-state index contributed by atoms with van der Waals surface area (Å²) >= 11 is 5.80. The number of carbonyl (C=O) groups excluding carboxylic acids is 1. The minimum atomic E-state index is -0.833. The fraction of sp³-hybridized carbons (Fsp3) is 0. The fourth-order valence-electron chi connectivity index (χ4n) is 1.79. The van der Waals surface area contributed by atoms with Gasteiger partial charge in [0, 0.05) is 16.3 Å². The zero-order valence-electron chi connectivity index (χ0n) is 11.6. The number of carbonyl (C=O) groups is 1. The van der Waals surface area contributed by atoms with E-state index in [1.165, 1.54) is 12.1 Å². The molecule has 7 heteroatoms. The van der Waals surface area contributed by atoms with E-state index in [0.29, 0.717) is 10.7 Å². The molecule has 0 saturated heterocycles. The molecule has 2 rings (SSSR count). The van der Waals surface area contributed by atoms with Crippen LogP contribution in [0.1, 0.15) is 5.56 Å². The predicted octanol–water partition coefficient (Wildman–Crippen LogP) is 3.18. The highest BCUT2D eigenvalue weighted by atomic mass is 35.5. The first-order valence-corrected chi connectivity index (χ1v) is 6.72. The maximum Gasteiger partial charge on any atom is 0.270 e. The van der Waals surface area contributed by atoms with Crippen LogP contribution in [0.25, 0.3) is 5.76 Å². The summed E-state index contributed by atoms with van der Waals surface area (Å²) in [7, 11) is 0. The van der Waals surface area contributed by atoms with Crippen LogP contribution in [-0.4, -0.2) is 21.2 Å². The Labute approximate surface area is 136 Å². The highest BCUT2D eigenvalue weighted by Gasteiger charge is 2.17. The van der Waals surface area contributed by atoms with Gasteiger partial charge < -0.3 is 20.6 Å². The topological polar surface area (TPSA) is 114 Å². The van der Waals surface area contributed by atoms with Crippen LogP contribution >= 0.6 is 11.6 Å². The third-order valence-corrected chi connectivity index (χ3v) is 3.14. The van der Waals surface area contributed by atoms with Crippen LogP contribution in [0.2, 0.25) is 5.02 Å². The number of phenols is 2. The summed E-state index contributed by atoms with van der Waals surface area (Å²) in [5, 5.41) is 40.7. The quantitative estimate of drug-likeness (QED) is 0.299. The third-order valence-electron chi connectivity index (χ3n) is 2.91. The van der Waals surface area contributed by atoms with E-state index in [1.54, 1.807) is 24.3 Å². The Kier molecular flexibility index (Phi) is 4.74. The Hall–Kier alpha value is -3.17. The largest absolute Gasteiger partial charge is 0.506 e. The smallest absolute Gasteiger partial charge is 0.270 e. The van der Waals surface area contributed by atoms with Crippen molar-refractivity contribution >= 4 is 29.0 Å². The van der Waals surface area contributed by atoms with E-state index in [-0.39, 0.29) is 11.3 Å². The van der Waals surface area contributed by atoms with Gasteiger partial charge in [0.1, 0.15) is 11.8 Å². The number of phenolic OH excluding ortho intramolecular Hbond substituents is 2. The van der Waals surface area contributed by atoms with Gasteiger partial charge in [-0.05, 0) is 36.4 Å². The zero-order valence-corrected chi connectivity index (χ0v) is 12.4. The van der Waals surface area contributed by atoms with E-state index in [4.69, 9.17) is 16.9 Å². The number of aromatic hydroxyl groups is 2. The first kappa shape index (κ1) is 16.2. The van der Waals surface area contributed by atoms with Crippen molar-refractivity contribution in [2.24, 2.45) is 0 Å². The number of nitriles is 1. The first-order valence-electron chi connectivity index (χ1n) is 6.35. The van der Waals surface area contributed by atoms with Crippen LogP contribution in [-0.2, 0) is 4.79 Å². The number of nitrogens with one attached hydrogen (secondary N) is 1. The van der Waals surface area contributed by atoms with Gasteiger partial charge in [-0.3, -0.25) is 4.79 Å². The average molecular weight is 331 g/mol. The Morgan fingerprint density at radius 3 is 2.48 bits per heavy atom. The van der Waals surface area contributed by atoms with Crippen molar-refractivity contribution in [1.29, 1.82) is 5.26 Å². The lowest BCUT2D eigenvalue weighted by atomic mass is 10.1. The van der Waals surface area contributed by atoms with Gasteiger partial charge in [-0.25, -0.2) is 0 Å². The number of benzene rings is 2. The average Bonchev–Trinajstić information content (AvgIpc) is 2.50. The highest BCUT2D eigenvalue weighted by Crippen LogP contribution is 2.28. The molecular weight excluding hydrogens is 320 g/mol. The molecule has 2 aromatic rings. The predicted molar refractivity (Wildman–Crippen MR) is 85.0 cm³/mol. The van der Waals surface area contributed by atoms with Gasteiger partial charge in [-0.2, -0.15) is 5.26 Å². The fourth-order valence-corrected chi connectivity index (χ4v) is 1.98. The van der Waals surface area contributed by atoms with Crippen LogP contribution < -0.4 is 5.32 Å². The van der Waals surface area contributed by atoms with Crippen molar-refractivity contribution in [3.05, 3.63) is 58.6 Å². The summed E-state index contributed by atoms with van der Waals surface area (Å²) in [6, 6.07) is 11.3. The van der Waals surface area contributed by atoms with E-state index in [9.17, 15) is 20.1 Å². The summed E-state index contributed by atoms with van der Waals surface area (Å²) in [4.78, 5) is 12.1. The maximum absolute atomic E-state index is 12.1. The Morgan fingerprint density at radius 1 is 1.13 bits per heavy atom. The Morgan fingerprint density at radius 2 is 1.87 bits per heavy atom. The van der Waals surface area contributed by atoms with Gasteiger partial charge >= 0.3 is 0 Å². The molecule has 0 heterocycles. The normalized spacial score (nSPS) is 11.3. The lowest BCUT2D eigenvalue weighted by Crippen LogP contribution is -2.15. The molecular formula is C16H11ClN2O4. The summed E-state index contributed by atoms with van der Waals surface area (Å²) < 4.78 is 0. The molecule has 0 radical (unpaired) electrons. The summed E-state index contributed by atoms with van der Waals surface area (Å²) in [5.74, 6) is -2.33. The number of aliphatic hydroxyl groups excluding tert-OH is 1. The van der Waals surface area contributed by atoms with E-state index in [1.807, 2.05) is 0 Å². The third kappa shape index (κ3) is 3.73. The molecule has 2 aromatic carbocycles. The van der Waals surface area contributed by atoms with Crippen LogP contribution in [0.5, 0.6) is 11.5 Å². The van der Waals surface area contributed by atoms with Gasteiger partial charge in [0.05, 0.1) is 0 Å². The number of anilines is 1. The Bertz CT molecular complexity index is 840. The number of aliphatic hydroxyl groups is 1. The number of amides is 1. The van der Waals surface area contributed by atoms with Crippen molar-refractivity contribution in [1.82, 2.24) is 0 Å². The molecule has 116 valence electrons. The number of rotatable bonds is 3. The second-order valence-corrected chi connectivity index (χ2v) is 4.94. The van der Waals surface area contributed by atoms with E-state index in [2.05, 4.69) is 5.32 Å². The van der Waals surface area contributed by atoms with Gasteiger partial charge in [0.25, 0.3) is 5.91 Å². The lowest BCUT2D eigenvalue weighted by Gasteiger charge is -2.07. The van der Waals surface area contributed by atoms with Gasteiger partial charge in [0.2, 0.25) is 0 Å². The molecule has 0 spiro atoms. The van der Waals surface area contributed by atoms with Crippen LogP contribution in [0.3, 0.4) is 0 Å². The molecule has 4 N–H and O–H groups in total. The Balaban J connectivity index is 2.35. The van der Waals surface area contributed by atoms with Crippen molar-refractivity contribution in [2.45, 2.75) is 0 Å². The summed E-state index contributed by atoms with van der Waals surface area (Å²) in [6.45, 7) is 0. The number of hydrogen-bond acceptors (Lipinski definition) is 5. The molecule has 6 nitrogen and oxygen atoms in total. The second-order valence-electron chi connectivity index (χ2n) is 4.50. The molecule has 0 saturated carbocycles. The number of nitrogens with zero attached hydrogens (tertiary/aromatic N) is 1. The lowest BCUT2D eigenvalue weighted by molar-refractivity contribution is -0.112. The van der Waals surface area contributed by atoms with Crippen LogP contribution in [0.4, 0.5) is 5.69 Å². The molecule has 0 aliphatic rings. The maximum atomic E-state index is 12.1. The molecule has 0 aliphatic heterocycles. The van der Waals surface area contributed by atoms with Crippen molar-refractivity contribution in [3.63, 3.8) is 0 Å². The van der Waals surface area contributed by atoms with Gasteiger partial charge in [-0.1, -0.05) is 17.7 Å². The summed E-state index contributed by atoms with van der Waals surface area (Å²) in [6.07, 6.45) is 0. The second kappa shape index (κ2) is 6.73. The SMILES string of the molecule is N#CC(C(=O)Nc1cccc(Cl)c1)=C(O)c1ccc(O)c(O)c1. The van der Waals surface area contributed by atoms with Crippen molar-refractivity contribution < 1.29 is 20.1 Å². The molecule has 0 atom stereocenters. The van der Waals surface area contributed by atoms with Gasteiger partial charge in [0.15, 0.2) is 17.1 Å².